The molecule has 7 heteroatoms. The highest BCUT2D eigenvalue weighted by atomic mass is 19.1. The number of hydrogen-bond donors (Lipinski definition) is 2. The van der Waals surface area contributed by atoms with Crippen molar-refractivity contribution in [1.29, 1.82) is 0 Å². The van der Waals surface area contributed by atoms with E-state index in [0.717, 1.165) is 62.1 Å². The number of halogens is 1. The van der Waals surface area contributed by atoms with E-state index in [-0.39, 0.29) is 5.82 Å². The van der Waals surface area contributed by atoms with Gasteiger partial charge in [-0.05, 0) is 43.9 Å². The second-order valence-electron chi connectivity index (χ2n) is 6.81. The van der Waals surface area contributed by atoms with Crippen LogP contribution in [0.3, 0.4) is 0 Å². The van der Waals surface area contributed by atoms with Crippen LogP contribution in [0.15, 0.2) is 29.3 Å². The number of nitrogens with one attached hydrogen (secondary N) is 2. The topological polar surface area (TPSA) is 67.1 Å². The number of aromatic nitrogens is 3. The molecule has 0 saturated heterocycles. The number of benzene rings is 1. The lowest BCUT2D eigenvalue weighted by Crippen LogP contribution is -2.38. The minimum atomic E-state index is -0.201. The Hall–Kier alpha value is -2.44. The van der Waals surface area contributed by atoms with Gasteiger partial charge in [-0.2, -0.15) is 0 Å². The summed E-state index contributed by atoms with van der Waals surface area (Å²) in [7, 11) is 0. The lowest BCUT2D eigenvalue weighted by Gasteiger charge is -2.11. The predicted molar refractivity (Wildman–Crippen MR) is 105 cm³/mol. The van der Waals surface area contributed by atoms with Crippen LogP contribution in [-0.4, -0.2) is 40.4 Å². The fourth-order valence-electron chi connectivity index (χ4n) is 3.32. The van der Waals surface area contributed by atoms with Crippen LogP contribution in [0.4, 0.5) is 4.39 Å². The second kappa shape index (κ2) is 10.0. The Kier molecular flexibility index (Phi) is 7.19. The van der Waals surface area contributed by atoms with Gasteiger partial charge in [0.2, 0.25) is 0 Å². The number of aryl methyl sites for hydroxylation is 1. The van der Waals surface area contributed by atoms with Crippen LogP contribution in [0.1, 0.15) is 43.4 Å². The zero-order valence-corrected chi connectivity index (χ0v) is 16.0. The van der Waals surface area contributed by atoms with Gasteiger partial charge in [0.05, 0.1) is 0 Å². The molecule has 146 valence electrons. The molecule has 3 rings (SSSR count). The molecule has 1 aliphatic rings. The van der Waals surface area contributed by atoms with Gasteiger partial charge in [-0.3, -0.25) is 4.99 Å². The number of rotatable bonds is 7. The Labute approximate surface area is 160 Å². The highest BCUT2D eigenvalue weighted by Gasteiger charge is 2.14. The predicted octanol–water partition coefficient (Wildman–Crippen LogP) is 2.48. The van der Waals surface area contributed by atoms with E-state index in [0.29, 0.717) is 6.54 Å². The molecule has 1 aromatic heterocycles. The van der Waals surface area contributed by atoms with Crippen LogP contribution in [-0.2, 0) is 25.8 Å². The van der Waals surface area contributed by atoms with Crippen molar-refractivity contribution in [1.82, 2.24) is 25.4 Å². The normalized spacial score (nSPS) is 14.5. The summed E-state index contributed by atoms with van der Waals surface area (Å²) in [5.41, 5.74) is 1.10. The van der Waals surface area contributed by atoms with Gasteiger partial charge in [-0.15, -0.1) is 10.2 Å². The Morgan fingerprint density at radius 2 is 1.96 bits per heavy atom. The highest BCUT2D eigenvalue weighted by molar-refractivity contribution is 5.79. The molecule has 0 fully saturated rings. The maximum Gasteiger partial charge on any atom is 0.191 e. The summed E-state index contributed by atoms with van der Waals surface area (Å²) in [5, 5.41) is 15.3. The van der Waals surface area contributed by atoms with Crippen molar-refractivity contribution in [3.05, 3.63) is 47.3 Å². The second-order valence-corrected chi connectivity index (χ2v) is 6.81. The quantitative estimate of drug-likeness (QED) is 0.579. The summed E-state index contributed by atoms with van der Waals surface area (Å²) in [4.78, 5) is 4.66. The molecular formula is C20H29FN6. The van der Waals surface area contributed by atoms with Crippen LogP contribution < -0.4 is 10.6 Å². The molecule has 1 aliphatic heterocycles. The average molecular weight is 372 g/mol. The zero-order chi connectivity index (χ0) is 18.9. The minimum Gasteiger partial charge on any atom is -0.357 e. The fraction of sp³-hybridized carbons (Fsp3) is 0.550. The van der Waals surface area contributed by atoms with Crippen LogP contribution in [0.5, 0.6) is 0 Å². The first-order chi connectivity index (χ1) is 13.3. The van der Waals surface area contributed by atoms with Gasteiger partial charge in [0, 0.05) is 39.0 Å². The van der Waals surface area contributed by atoms with E-state index in [9.17, 15) is 4.39 Å². The maximum absolute atomic E-state index is 13.0. The number of fused-ring (bicyclic) bond motifs is 1. The van der Waals surface area contributed by atoms with Crippen LogP contribution in [0, 0.1) is 5.82 Å². The van der Waals surface area contributed by atoms with E-state index < -0.39 is 0 Å². The van der Waals surface area contributed by atoms with Gasteiger partial charge in [-0.1, -0.05) is 18.6 Å². The van der Waals surface area contributed by atoms with Crippen molar-refractivity contribution >= 4 is 5.96 Å². The van der Waals surface area contributed by atoms with E-state index >= 15 is 0 Å². The molecule has 1 aromatic carbocycles. The number of nitrogens with zero attached hydrogens (tertiary/aromatic N) is 4. The molecule has 2 aromatic rings. The van der Waals surface area contributed by atoms with Gasteiger partial charge in [0.1, 0.15) is 17.5 Å². The number of hydrogen-bond acceptors (Lipinski definition) is 3. The van der Waals surface area contributed by atoms with Crippen LogP contribution in [0.2, 0.25) is 0 Å². The lowest BCUT2D eigenvalue weighted by atomic mass is 10.1. The van der Waals surface area contributed by atoms with Gasteiger partial charge < -0.3 is 15.2 Å². The summed E-state index contributed by atoms with van der Waals surface area (Å²) >= 11 is 0. The molecule has 0 atom stereocenters. The average Bonchev–Trinajstić information content (AvgIpc) is 2.90. The van der Waals surface area contributed by atoms with Crippen molar-refractivity contribution in [2.75, 3.05) is 19.6 Å². The Balaban J connectivity index is 1.50. The molecule has 2 N–H and O–H groups in total. The van der Waals surface area contributed by atoms with Gasteiger partial charge >= 0.3 is 0 Å². The summed E-state index contributed by atoms with van der Waals surface area (Å²) in [6.07, 6.45) is 6.32. The van der Waals surface area contributed by atoms with E-state index in [4.69, 9.17) is 0 Å². The molecule has 6 nitrogen and oxygen atoms in total. The largest absolute Gasteiger partial charge is 0.357 e. The van der Waals surface area contributed by atoms with E-state index in [1.165, 1.54) is 31.4 Å². The fourth-order valence-corrected chi connectivity index (χ4v) is 3.32. The first-order valence-corrected chi connectivity index (χ1v) is 9.94. The lowest BCUT2D eigenvalue weighted by molar-refractivity contribution is 0.604. The summed E-state index contributed by atoms with van der Waals surface area (Å²) < 4.78 is 15.2. The molecule has 0 saturated carbocycles. The highest BCUT2D eigenvalue weighted by Crippen LogP contribution is 2.14. The SMILES string of the molecule is CCNC(=NCCc1nnc2n1CCCCC2)NCCc1ccc(F)cc1. The van der Waals surface area contributed by atoms with Gasteiger partial charge in [-0.25, -0.2) is 4.39 Å². The van der Waals surface area contributed by atoms with Crippen LogP contribution >= 0.6 is 0 Å². The monoisotopic (exact) mass is 372 g/mol. The first-order valence-electron chi connectivity index (χ1n) is 9.94. The van der Waals surface area contributed by atoms with E-state index in [1.807, 2.05) is 12.1 Å². The molecule has 0 aliphatic carbocycles. The third-order valence-corrected chi connectivity index (χ3v) is 4.76. The molecule has 0 amide bonds. The molecular weight excluding hydrogens is 343 g/mol. The Morgan fingerprint density at radius 3 is 2.78 bits per heavy atom. The first kappa shape index (κ1) is 19.3. The van der Waals surface area contributed by atoms with Crippen molar-refractivity contribution in [3.63, 3.8) is 0 Å². The molecule has 0 radical (unpaired) electrons. The third-order valence-electron chi connectivity index (χ3n) is 4.76. The van der Waals surface area contributed by atoms with Crippen molar-refractivity contribution < 1.29 is 4.39 Å². The summed E-state index contributed by atoms with van der Waals surface area (Å²) in [6.45, 7) is 5.30. The van der Waals surface area contributed by atoms with Gasteiger partial charge in [0.15, 0.2) is 5.96 Å². The van der Waals surface area contributed by atoms with Crippen molar-refractivity contribution in [2.24, 2.45) is 4.99 Å². The summed E-state index contributed by atoms with van der Waals surface area (Å²) in [6, 6.07) is 6.63. The van der Waals surface area contributed by atoms with Crippen LogP contribution in [0.25, 0.3) is 0 Å². The zero-order valence-electron chi connectivity index (χ0n) is 16.0. The summed E-state index contributed by atoms with van der Waals surface area (Å²) in [5.74, 6) is 2.76. The molecule has 27 heavy (non-hydrogen) atoms. The molecule has 0 spiro atoms. The van der Waals surface area contributed by atoms with Crippen molar-refractivity contribution in [2.45, 2.75) is 52.0 Å². The van der Waals surface area contributed by atoms with E-state index in [1.54, 1.807) is 0 Å². The maximum atomic E-state index is 13.0. The van der Waals surface area contributed by atoms with Gasteiger partial charge in [0.25, 0.3) is 0 Å². The van der Waals surface area contributed by atoms with E-state index in [2.05, 4.69) is 37.3 Å². The Morgan fingerprint density at radius 1 is 1.11 bits per heavy atom. The molecule has 0 unspecified atom stereocenters. The Bertz CT molecular complexity index is 737. The third kappa shape index (κ3) is 5.77. The molecule has 2 heterocycles. The van der Waals surface area contributed by atoms with Crippen molar-refractivity contribution in [3.8, 4) is 0 Å². The molecule has 0 bridgehead atoms. The minimum absolute atomic E-state index is 0.201. The standard InChI is InChI=1S/C20H29FN6/c1-2-22-20(23-13-11-16-7-9-17(21)10-8-16)24-14-12-19-26-25-18-6-4-3-5-15-27(18)19/h7-10H,2-6,11-15H2,1H3,(H2,22,23,24). The smallest absolute Gasteiger partial charge is 0.191 e. The number of aliphatic imine (C=N–C) groups is 1. The number of guanidine groups is 1.